The predicted molar refractivity (Wildman–Crippen MR) is 138 cm³/mol. The number of aromatic nitrogens is 2. The number of likely N-dealkylation sites (N-methyl/N-ethyl adjacent to an activating group) is 1. The minimum Gasteiger partial charge on any atom is -0.369 e. The van der Waals surface area contributed by atoms with Gasteiger partial charge in [-0.15, -0.1) is 0 Å². The van der Waals surface area contributed by atoms with E-state index in [1.807, 2.05) is 24.3 Å². The van der Waals surface area contributed by atoms with E-state index in [0.717, 1.165) is 22.4 Å². The summed E-state index contributed by atoms with van der Waals surface area (Å²) in [5.41, 5.74) is 9.16. The molecule has 4 aromatic rings. The van der Waals surface area contributed by atoms with Crippen molar-refractivity contribution in [3.8, 4) is 11.3 Å². The SMILES string of the molecule is CNCC(N)=O.O=Cc1ccc(-c2ccc3c(n2)N(Cc2ccc4ncccc4c2)PN3)cc1F. The van der Waals surface area contributed by atoms with Crippen molar-refractivity contribution in [2.45, 2.75) is 6.54 Å². The minimum atomic E-state index is -0.540. The van der Waals surface area contributed by atoms with E-state index in [1.54, 1.807) is 19.3 Å². The van der Waals surface area contributed by atoms with Crippen molar-refractivity contribution >= 4 is 43.5 Å². The molecule has 1 atom stereocenters. The lowest BCUT2D eigenvalue weighted by molar-refractivity contribution is -0.117. The number of nitrogens with one attached hydrogen (secondary N) is 2. The molecule has 35 heavy (non-hydrogen) atoms. The molecule has 0 saturated carbocycles. The molecule has 10 heteroatoms. The third-order valence-electron chi connectivity index (χ3n) is 5.24. The number of rotatable bonds is 6. The second-order valence-corrected chi connectivity index (χ2v) is 8.79. The Bertz CT molecular complexity index is 1380. The van der Waals surface area contributed by atoms with E-state index >= 15 is 0 Å². The number of hydrogen-bond donors (Lipinski definition) is 3. The number of anilines is 2. The normalized spacial score (nSPS) is 12.6. The maximum atomic E-state index is 14.0. The average molecular weight is 490 g/mol. The van der Waals surface area contributed by atoms with Crippen LogP contribution >= 0.6 is 8.88 Å². The second kappa shape index (κ2) is 11.0. The smallest absolute Gasteiger partial charge is 0.231 e. The molecule has 5 rings (SSSR count). The summed E-state index contributed by atoms with van der Waals surface area (Å²) in [5, 5.41) is 7.07. The van der Waals surface area contributed by atoms with Gasteiger partial charge in [-0.05, 0) is 55.1 Å². The number of carbonyl (C=O) groups excluding carboxylic acids is 2. The van der Waals surface area contributed by atoms with E-state index in [0.29, 0.717) is 33.0 Å². The average Bonchev–Trinajstić information content (AvgIpc) is 3.26. The number of nitrogens with two attached hydrogens (primary N) is 1. The Morgan fingerprint density at radius 1 is 1.20 bits per heavy atom. The Balaban J connectivity index is 0.000000431. The van der Waals surface area contributed by atoms with Gasteiger partial charge in [0.15, 0.2) is 12.1 Å². The van der Waals surface area contributed by atoms with Gasteiger partial charge >= 0.3 is 0 Å². The number of amides is 1. The van der Waals surface area contributed by atoms with Crippen molar-refractivity contribution < 1.29 is 14.0 Å². The molecule has 0 bridgehead atoms. The monoisotopic (exact) mass is 490 g/mol. The highest BCUT2D eigenvalue weighted by Gasteiger charge is 2.22. The number of halogens is 1. The molecule has 1 aliphatic rings. The first-order valence-electron chi connectivity index (χ1n) is 10.8. The summed E-state index contributed by atoms with van der Waals surface area (Å²) in [4.78, 5) is 29.7. The summed E-state index contributed by atoms with van der Waals surface area (Å²) in [6, 6.07) is 18.6. The fourth-order valence-corrected chi connectivity index (χ4v) is 4.56. The third-order valence-corrected chi connectivity index (χ3v) is 6.26. The standard InChI is InChI=1S/C22H16FN4OP.C3H8N2O/c23-18-11-16(4-5-17(18)13-28)20-7-8-21-22(25-20)27(29-26-21)12-14-3-6-19-15(10-14)2-1-9-24-19;1-5-2-3(4)6/h1-11,13,26,29H,12H2;5H,2H2,1H3,(H2,4,6). The topological polar surface area (TPSA) is 113 Å². The molecule has 0 saturated heterocycles. The lowest BCUT2D eigenvalue weighted by Gasteiger charge is -2.17. The molecule has 4 N–H and O–H groups in total. The number of primary amides is 1. The summed E-state index contributed by atoms with van der Waals surface area (Å²) in [6.45, 7) is 0.970. The van der Waals surface area contributed by atoms with Gasteiger partial charge in [-0.3, -0.25) is 14.6 Å². The van der Waals surface area contributed by atoms with Crippen LogP contribution in [0.3, 0.4) is 0 Å². The lowest BCUT2D eigenvalue weighted by Crippen LogP contribution is -2.25. The summed E-state index contributed by atoms with van der Waals surface area (Å²) in [5.74, 6) is -0.0223. The van der Waals surface area contributed by atoms with Gasteiger partial charge in [0.1, 0.15) is 5.82 Å². The quantitative estimate of drug-likeness (QED) is 0.278. The Kier molecular flexibility index (Phi) is 7.60. The molecule has 3 heterocycles. The van der Waals surface area contributed by atoms with E-state index in [9.17, 15) is 14.0 Å². The zero-order valence-corrected chi connectivity index (χ0v) is 20.0. The maximum absolute atomic E-state index is 14.0. The fourth-order valence-electron chi connectivity index (χ4n) is 3.57. The number of pyridine rings is 2. The van der Waals surface area contributed by atoms with Crippen LogP contribution in [-0.4, -0.2) is 35.8 Å². The molecular formula is C25H24FN6O2P. The number of carbonyl (C=O) groups is 2. The zero-order valence-electron chi connectivity index (χ0n) is 19.0. The minimum absolute atomic E-state index is 0.0467. The molecule has 1 unspecified atom stereocenters. The molecule has 0 fully saturated rings. The predicted octanol–water partition coefficient (Wildman–Crippen LogP) is 3.88. The number of nitrogens with zero attached hydrogens (tertiary/aromatic N) is 3. The summed E-state index contributed by atoms with van der Waals surface area (Å²) in [7, 11) is 2.05. The fraction of sp³-hybridized carbons (Fsp3) is 0.120. The Hall–Kier alpha value is -3.94. The van der Waals surface area contributed by atoms with Crippen LogP contribution in [0.25, 0.3) is 22.2 Å². The highest BCUT2D eigenvalue weighted by Crippen LogP contribution is 2.43. The first-order valence-corrected chi connectivity index (χ1v) is 11.7. The van der Waals surface area contributed by atoms with Crippen molar-refractivity contribution in [2.24, 2.45) is 5.73 Å². The first-order chi connectivity index (χ1) is 17.0. The molecule has 178 valence electrons. The molecule has 8 nitrogen and oxygen atoms in total. The van der Waals surface area contributed by atoms with Crippen LogP contribution in [-0.2, 0) is 11.3 Å². The molecule has 2 aromatic heterocycles. The highest BCUT2D eigenvalue weighted by atomic mass is 31.1. The molecule has 1 aliphatic heterocycles. The number of hydrogen-bond acceptors (Lipinski definition) is 7. The largest absolute Gasteiger partial charge is 0.369 e. The van der Waals surface area contributed by atoms with Crippen LogP contribution in [0.5, 0.6) is 0 Å². The van der Waals surface area contributed by atoms with E-state index < -0.39 is 5.82 Å². The zero-order chi connectivity index (χ0) is 24.8. The number of benzene rings is 2. The van der Waals surface area contributed by atoms with Crippen molar-refractivity contribution in [1.29, 1.82) is 0 Å². The van der Waals surface area contributed by atoms with E-state index in [4.69, 9.17) is 10.7 Å². The van der Waals surface area contributed by atoms with Gasteiger partial charge < -0.3 is 20.8 Å². The maximum Gasteiger partial charge on any atom is 0.231 e. The van der Waals surface area contributed by atoms with Crippen molar-refractivity contribution in [2.75, 3.05) is 23.4 Å². The summed E-state index contributed by atoms with van der Waals surface area (Å²) >= 11 is 0. The van der Waals surface area contributed by atoms with Gasteiger partial charge in [0, 0.05) is 23.7 Å². The van der Waals surface area contributed by atoms with E-state index in [-0.39, 0.29) is 18.0 Å². The van der Waals surface area contributed by atoms with E-state index in [2.05, 4.69) is 38.3 Å². The van der Waals surface area contributed by atoms with Gasteiger partial charge in [-0.1, -0.05) is 18.2 Å². The van der Waals surface area contributed by atoms with Crippen LogP contribution in [0, 0.1) is 5.82 Å². The first kappa shape index (κ1) is 24.2. The van der Waals surface area contributed by atoms with Gasteiger partial charge in [0.2, 0.25) is 5.91 Å². The summed E-state index contributed by atoms with van der Waals surface area (Å²) < 4.78 is 16.2. The van der Waals surface area contributed by atoms with Crippen LogP contribution < -0.4 is 20.8 Å². The Morgan fingerprint density at radius 2 is 2.06 bits per heavy atom. The third kappa shape index (κ3) is 5.77. The number of fused-ring (bicyclic) bond motifs is 2. The van der Waals surface area contributed by atoms with Crippen LogP contribution in [0.2, 0.25) is 0 Å². The molecule has 0 aliphatic carbocycles. The van der Waals surface area contributed by atoms with E-state index in [1.165, 1.54) is 17.7 Å². The Morgan fingerprint density at radius 3 is 2.77 bits per heavy atom. The number of aldehydes is 1. The van der Waals surface area contributed by atoms with Crippen molar-refractivity contribution in [3.63, 3.8) is 0 Å². The molecular weight excluding hydrogens is 466 g/mol. The van der Waals surface area contributed by atoms with Crippen molar-refractivity contribution in [1.82, 2.24) is 15.3 Å². The van der Waals surface area contributed by atoms with Gasteiger partial charge in [-0.25, -0.2) is 9.37 Å². The molecule has 2 aromatic carbocycles. The van der Waals surface area contributed by atoms with Gasteiger partial charge in [0.05, 0.1) is 37.9 Å². The molecule has 0 spiro atoms. The Labute approximate surface area is 203 Å². The molecule has 0 radical (unpaired) electrons. The van der Waals surface area contributed by atoms with Gasteiger partial charge in [0.25, 0.3) is 0 Å². The summed E-state index contributed by atoms with van der Waals surface area (Å²) in [6.07, 6.45) is 2.31. The lowest BCUT2D eigenvalue weighted by atomic mass is 10.1. The van der Waals surface area contributed by atoms with Gasteiger partial charge in [-0.2, -0.15) is 0 Å². The van der Waals surface area contributed by atoms with Crippen LogP contribution in [0.1, 0.15) is 15.9 Å². The van der Waals surface area contributed by atoms with Crippen LogP contribution in [0.4, 0.5) is 15.9 Å². The second-order valence-electron chi connectivity index (χ2n) is 7.77. The van der Waals surface area contributed by atoms with Crippen LogP contribution in [0.15, 0.2) is 66.9 Å². The highest BCUT2D eigenvalue weighted by molar-refractivity contribution is 7.42. The van der Waals surface area contributed by atoms with Crippen molar-refractivity contribution in [3.05, 3.63) is 83.8 Å². The molecule has 1 amide bonds.